The molecule has 0 aliphatic carbocycles. The smallest absolute Gasteiger partial charge is 0.229 e. The fourth-order valence-corrected chi connectivity index (χ4v) is 2.46. The number of carbonyl (C=O) groups is 1. The molecule has 1 aromatic carbocycles. The summed E-state index contributed by atoms with van der Waals surface area (Å²) in [5.74, 6) is -0.805. The van der Waals surface area contributed by atoms with Crippen LogP contribution in [0.5, 0.6) is 0 Å². The number of hydrogen-bond acceptors (Lipinski definition) is 2. The largest absolute Gasteiger partial charge is 0.325 e. The van der Waals surface area contributed by atoms with E-state index in [4.69, 9.17) is 0 Å². The van der Waals surface area contributed by atoms with Crippen molar-refractivity contribution in [1.29, 1.82) is 0 Å². The van der Waals surface area contributed by atoms with Crippen LogP contribution in [-0.4, -0.2) is 15.7 Å². The number of anilines is 1. The van der Waals surface area contributed by atoms with E-state index in [2.05, 4.69) is 26.3 Å². The molecule has 0 spiro atoms. The lowest BCUT2D eigenvalue weighted by atomic mass is 10.1. The number of rotatable bonds is 4. The van der Waals surface area contributed by atoms with Crippen molar-refractivity contribution >= 4 is 27.5 Å². The molecule has 1 amide bonds. The standard InChI is InChI=1S/C16H19BrFN3O/c1-9-5-6-13(18)7-14(9)19-16(22)10(2)8-21-12(4)15(17)11(3)20-21/h5-7,10H,8H2,1-4H3,(H,19,22)/t10-/m1/s1. The van der Waals surface area contributed by atoms with Gasteiger partial charge in [0, 0.05) is 11.4 Å². The Bertz CT molecular complexity index is 712. The van der Waals surface area contributed by atoms with Crippen molar-refractivity contribution in [3.05, 3.63) is 45.4 Å². The van der Waals surface area contributed by atoms with E-state index in [-0.39, 0.29) is 17.6 Å². The first-order chi connectivity index (χ1) is 10.3. The van der Waals surface area contributed by atoms with Gasteiger partial charge in [0.05, 0.1) is 22.6 Å². The third-order valence-corrected chi connectivity index (χ3v) is 4.79. The Morgan fingerprint density at radius 2 is 2.09 bits per heavy atom. The number of carbonyl (C=O) groups excluding carboxylic acids is 1. The van der Waals surface area contributed by atoms with Crippen LogP contribution < -0.4 is 5.32 Å². The molecule has 0 fully saturated rings. The van der Waals surface area contributed by atoms with Gasteiger partial charge in [0.15, 0.2) is 0 Å². The van der Waals surface area contributed by atoms with E-state index < -0.39 is 0 Å². The fourth-order valence-electron chi connectivity index (χ4n) is 2.18. The Morgan fingerprint density at radius 3 is 2.68 bits per heavy atom. The van der Waals surface area contributed by atoms with E-state index >= 15 is 0 Å². The molecule has 1 heterocycles. The van der Waals surface area contributed by atoms with Crippen molar-refractivity contribution in [1.82, 2.24) is 9.78 Å². The molecule has 6 heteroatoms. The summed E-state index contributed by atoms with van der Waals surface area (Å²) in [5.41, 5.74) is 3.22. The van der Waals surface area contributed by atoms with Crippen LogP contribution in [-0.2, 0) is 11.3 Å². The molecule has 118 valence electrons. The average Bonchev–Trinajstić information content (AvgIpc) is 2.70. The molecule has 0 unspecified atom stereocenters. The van der Waals surface area contributed by atoms with Gasteiger partial charge >= 0.3 is 0 Å². The molecule has 2 aromatic rings. The third-order valence-electron chi connectivity index (χ3n) is 3.65. The molecule has 0 radical (unpaired) electrons. The van der Waals surface area contributed by atoms with E-state index in [1.165, 1.54) is 12.1 Å². The van der Waals surface area contributed by atoms with Gasteiger partial charge in [-0.25, -0.2) is 4.39 Å². The topological polar surface area (TPSA) is 46.9 Å². The Kier molecular flexibility index (Phi) is 5.01. The second-order valence-corrected chi connectivity index (χ2v) is 6.31. The molecule has 0 aliphatic heterocycles. The Labute approximate surface area is 137 Å². The summed E-state index contributed by atoms with van der Waals surface area (Å²) < 4.78 is 16.0. The molecule has 1 aromatic heterocycles. The molecule has 1 atom stereocenters. The van der Waals surface area contributed by atoms with Gasteiger partial charge in [-0.2, -0.15) is 5.10 Å². The van der Waals surface area contributed by atoms with Crippen molar-refractivity contribution in [3.8, 4) is 0 Å². The van der Waals surface area contributed by atoms with Gasteiger partial charge in [0.25, 0.3) is 0 Å². The summed E-state index contributed by atoms with van der Waals surface area (Å²) in [6.07, 6.45) is 0. The van der Waals surface area contributed by atoms with Crippen molar-refractivity contribution in [2.45, 2.75) is 34.2 Å². The quantitative estimate of drug-likeness (QED) is 0.887. The predicted octanol–water partition coefficient (Wildman–Crippen LogP) is 3.98. The molecule has 22 heavy (non-hydrogen) atoms. The van der Waals surface area contributed by atoms with Crippen molar-refractivity contribution in [2.24, 2.45) is 5.92 Å². The average molecular weight is 368 g/mol. The zero-order valence-corrected chi connectivity index (χ0v) is 14.7. The van der Waals surface area contributed by atoms with Crippen LogP contribution in [0.4, 0.5) is 10.1 Å². The first-order valence-electron chi connectivity index (χ1n) is 7.06. The second-order valence-electron chi connectivity index (χ2n) is 5.52. The number of nitrogens with one attached hydrogen (secondary N) is 1. The van der Waals surface area contributed by atoms with Crippen molar-refractivity contribution < 1.29 is 9.18 Å². The molecule has 2 rings (SSSR count). The minimum Gasteiger partial charge on any atom is -0.325 e. The van der Waals surface area contributed by atoms with Gasteiger partial charge in [-0.15, -0.1) is 0 Å². The molecule has 0 aliphatic rings. The van der Waals surface area contributed by atoms with Crippen LogP contribution >= 0.6 is 15.9 Å². The number of aryl methyl sites for hydroxylation is 2. The predicted molar refractivity (Wildman–Crippen MR) is 88.3 cm³/mol. The second kappa shape index (κ2) is 6.60. The van der Waals surface area contributed by atoms with Gasteiger partial charge in [-0.1, -0.05) is 13.0 Å². The zero-order chi connectivity index (χ0) is 16.4. The third kappa shape index (κ3) is 3.55. The minimum absolute atomic E-state index is 0.155. The van der Waals surface area contributed by atoms with Crippen LogP contribution in [0.25, 0.3) is 0 Å². The molecule has 4 nitrogen and oxygen atoms in total. The fraction of sp³-hybridized carbons (Fsp3) is 0.375. The van der Waals surface area contributed by atoms with E-state index in [1.54, 1.807) is 6.07 Å². The molecule has 0 bridgehead atoms. The highest BCUT2D eigenvalue weighted by molar-refractivity contribution is 9.10. The molecule has 1 N–H and O–H groups in total. The van der Waals surface area contributed by atoms with Crippen LogP contribution in [0.1, 0.15) is 23.9 Å². The first kappa shape index (κ1) is 16.7. The van der Waals surface area contributed by atoms with E-state index in [1.807, 2.05) is 32.4 Å². The highest BCUT2D eigenvalue weighted by atomic mass is 79.9. The van der Waals surface area contributed by atoms with Crippen LogP contribution in [0.3, 0.4) is 0 Å². The van der Waals surface area contributed by atoms with Gasteiger partial charge in [0.1, 0.15) is 5.82 Å². The maximum absolute atomic E-state index is 13.3. The lowest BCUT2D eigenvalue weighted by molar-refractivity contribution is -0.119. The highest BCUT2D eigenvalue weighted by Gasteiger charge is 2.18. The molecule has 0 saturated heterocycles. The van der Waals surface area contributed by atoms with Crippen LogP contribution in [0, 0.1) is 32.5 Å². The summed E-state index contributed by atoms with van der Waals surface area (Å²) in [6.45, 7) is 7.99. The number of nitrogens with zero attached hydrogens (tertiary/aromatic N) is 2. The zero-order valence-electron chi connectivity index (χ0n) is 13.1. The summed E-state index contributed by atoms with van der Waals surface area (Å²) in [4.78, 5) is 12.3. The van der Waals surface area contributed by atoms with Crippen molar-refractivity contribution in [3.63, 3.8) is 0 Å². The van der Waals surface area contributed by atoms with Crippen LogP contribution in [0.2, 0.25) is 0 Å². The first-order valence-corrected chi connectivity index (χ1v) is 7.85. The Balaban J connectivity index is 2.09. The molecular formula is C16H19BrFN3O. The lowest BCUT2D eigenvalue weighted by Crippen LogP contribution is -2.25. The summed E-state index contributed by atoms with van der Waals surface area (Å²) in [6, 6.07) is 4.36. The number of benzene rings is 1. The summed E-state index contributed by atoms with van der Waals surface area (Å²) in [7, 11) is 0. The van der Waals surface area contributed by atoms with E-state index in [0.29, 0.717) is 12.2 Å². The minimum atomic E-state index is -0.365. The number of aromatic nitrogens is 2. The highest BCUT2D eigenvalue weighted by Crippen LogP contribution is 2.21. The number of amides is 1. The van der Waals surface area contributed by atoms with Crippen molar-refractivity contribution in [2.75, 3.05) is 5.32 Å². The Morgan fingerprint density at radius 1 is 1.41 bits per heavy atom. The maximum atomic E-state index is 13.3. The Hall–Kier alpha value is -1.69. The molecular weight excluding hydrogens is 349 g/mol. The van der Waals surface area contributed by atoms with Gasteiger partial charge < -0.3 is 5.32 Å². The number of hydrogen-bond donors (Lipinski definition) is 1. The van der Waals surface area contributed by atoms with E-state index in [9.17, 15) is 9.18 Å². The SMILES string of the molecule is Cc1ccc(F)cc1NC(=O)[C@H](C)Cn1nc(C)c(Br)c1C. The summed E-state index contributed by atoms with van der Waals surface area (Å²) in [5, 5.41) is 7.18. The van der Waals surface area contributed by atoms with E-state index in [0.717, 1.165) is 21.4 Å². The van der Waals surface area contributed by atoms with Gasteiger partial charge in [0.2, 0.25) is 5.91 Å². The van der Waals surface area contributed by atoms with Crippen LogP contribution in [0.15, 0.2) is 22.7 Å². The normalized spacial score (nSPS) is 12.3. The molecule has 0 saturated carbocycles. The maximum Gasteiger partial charge on any atom is 0.229 e. The van der Waals surface area contributed by atoms with Gasteiger partial charge in [-0.05, 0) is 54.4 Å². The summed E-state index contributed by atoms with van der Waals surface area (Å²) >= 11 is 3.47. The van der Waals surface area contributed by atoms with Gasteiger partial charge in [-0.3, -0.25) is 9.48 Å². The lowest BCUT2D eigenvalue weighted by Gasteiger charge is -2.15. The monoisotopic (exact) mass is 367 g/mol. The number of halogens is 2.